The lowest BCUT2D eigenvalue weighted by Gasteiger charge is -2.27. The van der Waals surface area contributed by atoms with Crippen LogP contribution in [0.3, 0.4) is 0 Å². The number of likely N-dealkylation sites (tertiary alicyclic amines) is 1. The zero-order chi connectivity index (χ0) is 18.5. The molecule has 0 radical (unpaired) electrons. The lowest BCUT2D eigenvalue weighted by molar-refractivity contribution is -0.113. The molecule has 2 aliphatic heterocycles. The second-order valence-electron chi connectivity index (χ2n) is 5.84. The summed E-state index contributed by atoms with van der Waals surface area (Å²) < 4.78 is 35.6. The van der Waals surface area contributed by atoms with Crippen LogP contribution in [-0.2, 0) is 4.79 Å². The van der Waals surface area contributed by atoms with Gasteiger partial charge in [-0.15, -0.1) is 0 Å². The maximum atomic E-state index is 12.8. The van der Waals surface area contributed by atoms with Crippen molar-refractivity contribution in [3.05, 3.63) is 28.7 Å². The molecule has 1 amide bonds. The summed E-state index contributed by atoms with van der Waals surface area (Å²) in [4.78, 5) is 18.9. The van der Waals surface area contributed by atoms with Crippen LogP contribution < -0.4 is 9.47 Å². The number of alkyl halides is 2. The Balaban J connectivity index is 1.85. The van der Waals surface area contributed by atoms with Gasteiger partial charge in [-0.05, 0) is 50.1 Å². The van der Waals surface area contributed by atoms with Gasteiger partial charge in [0.05, 0.1) is 11.5 Å². The summed E-state index contributed by atoms with van der Waals surface area (Å²) in [6, 6.07) is 4.84. The van der Waals surface area contributed by atoms with Crippen LogP contribution in [0.4, 0.5) is 8.78 Å². The van der Waals surface area contributed by atoms with Crippen LogP contribution in [0, 0.1) is 0 Å². The van der Waals surface area contributed by atoms with E-state index in [-0.39, 0.29) is 17.4 Å². The van der Waals surface area contributed by atoms with Crippen molar-refractivity contribution >= 4 is 28.9 Å². The molecule has 1 aromatic rings. The fraction of sp³-hybridized carbons (Fsp3) is 0.444. The van der Waals surface area contributed by atoms with Crippen LogP contribution in [0.5, 0.6) is 11.5 Å². The number of thioether (sulfide) groups is 1. The molecule has 3 rings (SSSR count). The molecular weight excluding hydrogens is 362 g/mol. The molecule has 0 aliphatic carbocycles. The Labute approximate surface area is 155 Å². The van der Waals surface area contributed by atoms with E-state index in [1.807, 2.05) is 0 Å². The minimum atomic E-state index is -2.99. The van der Waals surface area contributed by atoms with Crippen molar-refractivity contribution in [2.24, 2.45) is 4.99 Å². The molecule has 2 heterocycles. The van der Waals surface area contributed by atoms with Gasteiger partial charge >= 0.3 is 6.61 Å². The summed E-state index contributed by atoms with van der Waals surface area (Å²) in [5, 5.41) is 0.679. The Kier molecular flexibility index (Phi) is 6.13. The van der Waals surface area contributed by atoms with Gasteiger partial charge in [0.15, 0.2) is 16.7 Å². The van der Waals surface area contributed by atoms with Crippen LogP contribution in [-0.4, -0.2) is 42.3 Å². The maximum Gasteiger partial charge on any atom is 0.387 e. The number of carbonyl (C=O) groups excluding carboxylic acids is 1. The number of hydrogen-bond donors (Lipinski definition) is 0. The first kappa shape index (κ1) is 18.7. The summed E-state index contributed by atoms with van der Waals surface area (Å²) in [7, 11) is 0. The van der Waals surface area contributed by atoms with Crippen molar-refractivity contribution in [2.45, 2.75) is 32.8 Å². The quantitative estimate of drug-likeness (QED) is 0.717. The second kappa shape index (κ2) is 8.53. The Morgan fingerprint density at radius 1 is 1.31 bits per heavy atom. The maximum absolute atomic E-state index is 12.8. The molecule has 1 fully saturated rings. The normalized spacial score (nSPS) is 19.2. The first-order chi connectivity index (χ1) is 12.6. The number of amides is 1. The molecule has 1 saturated heterocycles. The molecule has 2 aliphatic rings. The number of nitrogens with zero attached hydrogens (tertiary/aromatic N) is 2. The van der Waals surface area contributed by atoms with Gasteiger partial charge in [0.2, 0.25) is 0 Å². The van der Waals surface area contributed by atoms with E-state index >= 15 is 0 Å². The predicted octanol–water partition coefficient (Wildman–Crippen LogP) is 4.14. The number of para-hydroxylation sites is 1. The van der Waals surface area contributed by atoms with E-state index in [1.165, 1.54) is 24.3 Å². The molecule has 0 N–H and O–H groups in total. The van der Waals surface area contributed by atoms with Crippen molar-refractivity contribution in [2.75, 3.05) is 19.7 Å². The van der Waals surface area contributed by atoms with E-state index in [0.29, 0.717) is 22.2 Å². The standard InChI is InChI=1S/C18H20F2N2O3S/c1-2-24-13-8-6-7-12(15(13)25-17(19)20)11-14-16(23)21-18(26-14)22-9-4-3-5-10-22/h6-8,11,17H,2-5,9-10H2,1H3/b14-11-. The van der Waals surface area contributed by atoms with Crippen molar-refractivity contribution < 1.29 is 23.0 Å². The molecule has 0 atom stereocenters. The molecule has 8 heteroatoms. The zero-order valence-electron chi connectivity index (χ0n) is 14.4. The Morgan fingerprint density at radius 2 is 2.08 bits per heavy atom. The second-order valence-corrected chi connectivity index (χ2v) is 6.85. The largest absolute Gasteiger partial charge is 0.490 e. The van der Waals surface area contributed by atoms with Gasteiger partial charge in [-0.2, -0.15) is 13.8 Å². The fourth-order valence-corrected chi connectivity index (χ4v) is 3.85. The summed E-state index contributed by atoms with van der Waals surface area (Å²) in [5.74, 6) is -0.216. The first-order valence-electron chi connectivity index (χ1n) is 8.56. The molecule has 0 bridgehead atoms. The molecular formula is C18H20F2N2O3S. The van der Waals surface area contributed by atoms with Crippen molar-refractivity contribution in [1.29, 1.82) is 0 Å². The number of rotatable bonds is 5. The average molecular weight is 382 g/mol. The third kappa shape index (κ3) is 4.35. The molecule has 0 aromatic heterocycles. The lowest BCUT2D eigenvalue weighted by atomic mass is 10.1. The predicted molar refractivity (Wildman–Crippen MR) is 97.7 cm³/mol. The number of piperidine rings is 1. The number of aliphatic imine (C=N–C) groups is 1. The molecule has 0 saturated carbocycles. The van der Waals surface area contributed by atoms with E-state index in [2.05, 4.69) is 14.6 Å². The molecule has 0 unspecified atom stereocenters. The van der Waals surface area contributed by atoms with Crippen LogP contribution in [0.15, 0.2) is 28.1 Å². The van der Waals surface area contributed by atoms with Crippen molar-refractivity contribution in [3.63, 3.8) is 0 Å². The third-order valence-electron chi connectivity index (χ3n) is 4.04. The lowest BCUT2D eigenvalue weighted by Crippen LogP contribution is -2.33. The number of hydrogen-bond acceptors (Lipinski definition) is 5. The topological polar surface area (TPSA) is 51.1 Å². The molecule has 140 valence electrons. The summed E-state index contributed by atoms with van der Waals surface area (Å²) in [5.41, 5.74) is 0.363. The van der Waals surface area contributed by atoms with Crippen molar-refractivity contribution in [3.8, 4) is 11.5 Å². The first-order valence-corrected chi connectivity index (χ1v) is 9.38. The van der Waals surface area contributed by atoms with E-state index in [9.17, 15) is 13.6 Å². The number of carbonyl (C=O) groups is 1. The van der Waals surface area contributed by atoms with Gasteiger partial charge in [0, 0.05) is 18.7 Å². The van der Waals surface area contributed by atoms with Gasteiger partial charge in [0.1, 0.15) is 0 Å². The average Bonchev–Trinajstić information content (AvgIpc) is 2.99. The molecule has 1 aromatic carbocycles. The highest BCUT2D eigenvalue weighted by molar-refractivity contribution is 8.18. The van der Waals surface area contributed by atoms with E-state index in [4.69, 9.17) is 4.74 Å². The summed E-state index contributed by atoms with van der Waals surface area (Å²) in [6.45, 7) is 0.848. The highest BCUT2D eigenvalue weighted by Gasteiger charge is 2.27. The molecule has 26 heavy (non-hydrogen) atoms. The van der Waals surface area contributed by atoms with Gasteiger partial charge in [0.25, 0.3) is 5.91 Å². The van der Waals surface area contributed by atoms with E-state index in [0.717, 1.165) is 25.9 Å². The monoisotopic (exact) mass is 382 g/mol. The summed E-state index contributed by atoms with van der Waals surface area (Å²) >= 11 is 1.27. The number of benzene rings is 1. The van der Waals surface area contributed by atoms with Crippen LogP contribution >= 0.6 is 11.8 Å². The highest BCUT2D eigenvalue weighted by Crippen LogP contribution is 2.37. The van der Waals surface area contributed by atoms with Gasteiger partial charge in [-0.25, -0.2) is 0 Å². The van der Waals surface area contributed by atoms with E-state index < -0.39 is 6.61 Å². The van der Waals surface area contributed by atoms with Crippen molar-refractivity contribution in [1.82, 2.24) is 4.90 Å². The SMILES string of the molecule is CCOc1cccc(/C=C2\SC(N3CCCCC3)=NC2=O)c1OC(F)F. The smallest absolute Gasteiger partial charge is 0.387 e. The number of amidine groups is 1. The minimum Gasteiger partial charge on any atom is -0.490 e. The van der Waals surface area contributed by atoms with Crippen LogP contribution in [0.1, 0.15) is 31.7 Å². The molecule has 0 spiro atoms. The number of ether oxygens (including phenoxy) is 2. The van der Waals surface area contributed by atoms with Gasteiger partial charge < -0.3 is 14.4 Å². The third-order valence-corrected chi connectivity index (χ3v) is 5.08. The Morgan fingerprint density at radius 3 is 2.77 bits per heavy atom. The zero-order valence-corrected chi connectivity index (χ0v) is 15.2. The van der Waals surface area contributed by atoms with E-state index in [1.54, 1.807) is 25.1 Å². The fourth-order valence-electron chi connectivity index (χ4n) is 2.89. The number of halogens is 2. The minimum absolute atomic E-state index is 0.0725. The van der Waals surface area contributed by atoms with Gasteiger partial charge in [-0.3, -0.25) is 4.79 Å². The van der Waals surface area contributed by atoms with Crippen LogP contribution in [0.25, 0.3) is 6.08 Å². The van der Waals surface area contributed by atoms with Crippen LogP contribution in [0.2, 0.25) is 0 Å². The summed E-state index contributed by atoms with van der Waals surface area (Å²) in [6.07, 6.45) is 4.88. The Bertz CT molecular complexity index is 731. The molecule has 5 nitrogen and oxygen atoms in total. The van der Waals surface area contributed by atoms with Gasteiger partial charge in [-0.1, -0.05) is 12.1 Å². The highest BCUT2D eigenvalue weighted by atomic mass is 32.2. The Hall–Kier alpha value is -2.09.